The van der Waals surface area contributed by atoms with Crippen molar-refractivity contribution >= 4 is 5.91 Å². The highest BCUT2D eigenvalue weighted by molar-refractivity contribution is 5.83. The first-order chi connectivity index (χ1) is 12.8. The second-order valence-electron chi connectivity index (χ2n) is 10.7. The molecule has 0 aromatic heterocycles. The molecule has 150 valence electrons. The summed E-state index contributed by atoms with van der Waals surface area (Å²) in [6.07, 6.45) is 17.1. The summed E-state index contributed by atoms with van der Waals surface area (Å²) in [6, 6.07) is 0.434. The number of allylic oxidation sites excluding steroid dienone is 4. The highest BCUT2D eigenvalue weighted by Gasteiger charge is 2.57. The fourth-order valence-electron chi connectivity index (χ4n) is 7.04. The minimum Gasteiger partial charge on any atom is -0.353 e. The average Bonchev–Trinajstić information content (AvgIpc) is 3.14. The van der Waals surface area contributed by atoms with Gasteiger partial charge in [-0.2, -0.15) is 0 Å². The number of hydrogen-bond acceptors (Lipinski definition) is 1. The Bertz CT molecular complexity index is 653. The lowest BCUT2D eigenvalue weighted by Gasteiger charge is -2.57. The summed E-state index contributed by atoms with van der Waals surface area (Å²) in [5, 5.41) is 3.46. The van der Waals surface area contributed by atoms with Crippen LogP contribution in [-0.4, -0.2) is 11.9 Å². The van der Waals surface area contributed by atoms with E-state index >= 15 is 0 Å². The molecule has 1 unspecified atom stereocenters. The second kappa shape index (κ2) is 7.08. The molecule has 0 heterocycles. The van der Waals surface area contributed by atoms with Gasteiger partial charge in [-0.15, -0.1) is 0 Å². The summed E-state index contributed by atoms with van der Waals surface area (Å²) in [4.78, 5) is 13.4. The molecule has 0 bridgehead atoms. The third-order valence-corrected chi connectivity index (χ3v) is 8.79. The zero-order valence-electron chi connectivity index (χ0n) is 17.9. The van der Waals surface area contributed by atoms with Crippen LogP contribution in [0.15, 0.2) is 23.3 Å². The Morgan fingerprint density at radius 1 is 1.11 bits per heavy atom. The van der Waals surface area contributed by atoms with Crippen LogP contribution in [-0.2, 0) is 4.79 Å². The number of amides is 1. The van der Waals surface area contributed by atoms with E-state index in [0.717, 1.165) is 12.8 Å². The smallest absolute Gasteiger partial charge is 0.226 e. The Labute approximate surface area is 166 Å². The van der Waals surface area contributed by atoms with E-state index in [1.54, 1.807) is 11.1 Å². The zero-order valence-corrected chi connectivity index (χ0v) is 17.9. The molecular weight excluding hydrogens is 330 g/mol. The Morgan fingerprint density at radius 2 is 1.85 bits per heavy atom. The summed E-state index contributed by atoms with van der Waals surface area (Å²) in [6.45, 7) is 9.45. The van der Waals surface area contributed by atoms with Crippen LogP contribution in [0.1, 0.15) is 91.9 Å². The lowest BCUT2D eigenvalue weighted by atomic mass is 9.46. The van der Waals surface area contributed by atoms with Crippen LogP contribution in [0.5, 0.6) is 0 Å². The van der Waals surface area contributed by atoms with Crippen molar-refractivity contribution in [2.24, 2.45) is 28.6 Å². The SMILES string of the molecule is CC(C)C1=CC2=CCC3[C@](C)(CCC[C@]3(C)C(=O)NC3CCCC3)[C@@H]2CC1. The van der Waals surface area contributed by atoms with Gasteiger partial charge in [0.05, 0.1) is 5.41 Å². The predicted octanol–water partition coefficient (Wildman–Crippen LogP) is 6.18. The summed E-state index contributed by atoms with van der Waals surface area (Å²) in [7, 11) is 0. The van der Waals surface area contributed by atoms with Crippen molar-refractivity contribution in [1.82, 2.24) is 5.32 Å². The molecule has 0 spiro atoms. The summed E-state index contributed by atoms with van der Waals surface area (Å²) in [5.41, 5.74) is 3.30. The van der Waals surface area contributed by atoms with E-state index in [0.29, 0.717) is 29.7 Å². The monoisotopic (exact) mass is 369 g/mol. The third kappa shape index (κ3) is 3.21. The molecule has 4 rings (SSSR count). The van der Waals surface area contributed by atoms with E-state index in [9.17, 15) is 4.79 Å². The van der Waals surface area contributed by atoms with Crippen LogP contribution < -0.4 is 5.32 Å². The van der Waals surface area contributed by atoms with E-state index in [-0.39, 0.29) is 10.8 Å². The zero-order chi connectivity index (χ0) is 19.2. The van der Waals surface area contributed by atoms with E-state index in [1.807, 2.05) is 0 Å². The standard InChI is InChI=1S/C25H39NO/c1-17(2)18-10-12-21-19(16-18)11-13-22-24(21,3)14-7-15-25(22,4)23(27)26-20-8-5-6-9-20/h11,16-17,20-22H,5-10,12-15H2,1-4H3,(H,26,27)/t21-,22?,24-,25+/m1/s1. The predicted molar refractivity (Wildman–Crippen MR) is 112 cm³/mol. The first-order valence-corrected chi connectivity index (χ1v) is 11.6. The van der Waals surface area contributed by atoms with Gasteiger partial charge in [-0.1, -0.05) is 64.7 Å². The van der Waals surface area contributed by atoms with E-state index in [4.69, 9.17) is 0 Å². The molecule has 4 atom stereocenters. The minimum absolute atomic E-state index is 0.195. The molecule has 0 saturated heterocycles. The van der Waals surface area contributed by atoms with Gasteiger partial charge >= 0.3 is 0 Å². The Hall–Kier alpha value is -1.05. The maximum Gasteiger partial charge on any atom is 0.226 e. The van der Waals surface area contributed by atoms with Crippen LogP contribution in [0.2, 0.25) is 0 Å². The molecular formula is C25H39NO. The van der Waals surface area contributed by atoms with Gasteiger partial charge in [0.25, 0.3) is 0 Å². The highest BCUT2D eigenvalue weighted by atomic mass is 16.2. The number of carbonyl (C=O) groups excluding carboxylic acids is 1. The molecule has 2 fully saturated rings. The maximum absolute atomic E-state index is 13.4. The van der Waals surface area contributed by atoms with Crippen molar-refractivity contribution in [3.05, 3.63) is 23.3 Å². The van der Waals surface area contributed by atoms with Gasteiger partial charge in [0.2, 0.25) is 5.91 Å². The Kier molecular flexibility index (Phi) is 5.06. The molecule has 0 radical (unpaired) electrons. The molecule has 2 heteroatoms. The van der Waals surface area contributed by atoms with E-state index < -0.39 is 0 Å². The molecule has 1 N–H and O–H groups in total. The van der Waals surface area contributed by atoms with Gasteiger partial charge in [-0.25, -0.2) is 0 Å². The summed E-state index contributed by atoms with van der Waals surface area (Å²) < 4.78 is 0. The van der Waals surface area contributed by atoms with Crippen molar-refractivity contribution in [1.29, 1.82) is 0 Å². The fraction of sp³-hybridized carbons (Fsp3) is 0.800. The fourth-order valence-corrected chi connectivity index (χ4v) is 7.04. The Balaban J connectivity index is 1.61. The van der Waals surface area contributed by atoms with E-state index in [1.165, 1.54) is 51.4 Å². The van der Waals surface area contributed by atoms with Gasteiger partial charge in [-0.3, -0.25) is 4.79 Å². The molecule has 1 amide bonds. The molecule has 0 aliphatic heterocycles. The number of nitrogens with one attached hydrogen (secondary N) is 1. The van der Waals surface area contributed by atoms with Crippen LogP contribution in [0.25, 0.3) is 0 Å². The first kappa shape index (κ1) is 19.3. The van der Waals surface area contributed by atoms with Gasteiger partial charge in [0.1, 0.15) is 0 Å². The Morgan fingerprint density at radius 3 is 2.56 bits per heavy atom. The first-order valence-electron chi connectivity index (χ1n) is 11.6. The summed E-state index contributed by atoms with van der Waals surface area (Å²) >= 11 is 0. The molecule has 0 aromatic carbocycles. The molecule has 4 aliphatic rings. The van der Waals surface area contributed by atoms with Crippen LogP contribution in [0.4, 0.5) is 0 Å². The number of rotatable bonds is 3. The van der Waals surface area contributed by atoms with Crippen molar-refractivity contribution in [3.8, 4) is 0 Å². The molecule has 2 nitrogen and oxygen atoms in total. The van der Waals surface area contributed by atoms with E-state index in [2.05, 4.69) is 45.2 Å². The van der Waals surface area contributed by atoms with Gasteiger partial charge in [-0.05, 0) is 73.7 Å². The normalized spacial score (nSPS) is 39.4. The van der Waals surface area contributed by atoms with Crippen LogP contribution in [0, 0.1) is 28.6 Å². The maximum atomic E-state index is 13.4. The molecule has 2 saturated carbocycles. The van der Waals surface area contributed by atoms with Crippen molar-refractivity contribution in [2.75, 3.05) is 0 Å². The van der Waals surface area contributed by atoms with Crippen LogP contribution >= 0.6 is 0 Å². The van der Waals surface area contributed by atoms with Gasteiger partial charge < -0.3 is 5.32 Å². The highest BCUT2D eigenvalue weighted by Crippen LogP contribution is 2.62. The molecule has 4 aliphatic carbocycles. The van der Waals surface area contributed by atoms with Crippen molar-refractivity contribution in [3.63, 3.8) is 0 Å². The molecule has 0 aromatic rings. The van der Waals surface area contributed by atoms with Crippen molar-refractivity contribution < 1.29 is 4.79 Å². The largest absolute Gasteiger partial charge is 0.353 e. The van der Waals surface area contributed by atoms with Crippen LogP contribution in [0.3, 0.4) is 0 Å². The van der Waals surface area contributed by atoms with Gasteiger partial charge in [0, 0.05) is 6.04 Å². The molecule has 27 heavy (non-hydrogen) atoms. The minimum atomic E-state index is -0.195. The lowest BCUT2D eigenvalue weighted by Crippen LogP contribution is -2.56. The third-order valence-electron chi connectivity index (χ3n) is 8.79. The number of carbonyl (C=O) groups is 1. The lowest BCUT2D eigenvalue weighted by molar-refractivity contribution is -0.145. The van der Waals surface area contributed by atoms with Gasteiger partial charge in [0.15, 0.2) is 0 Å². The van der Waals surface area contributed by atoms with Crippen molar-refractivity contribution in [2.45, 2.75) is 97.9 Å². The number of hydrogen-bond donors (Lipinski definition) is 1. The quantitative estimate of drug-likeness (QED) is 0.632. The second-order valence-corrected chi connectivity index (χ2v) is 10.7. The summed E-state index contributed by atoms with van der Waals surface area (Å²) in [5.74, 6) is 2.16. The topological polar surface area (TPSA) is 29.1 Å². The number of fused-ring (bicyclic) bond motifs is 3. The average molecular weight is 370 g/mol.